The normalized spacial score (nSPS) is 17.0. The van der Waals surface area contributed by atoms with Crippen molar-refractivity contribution >= 4 is 11.8 Å². The zero-order valence-corrected chi connectivity index (χ0v) is 19.2. The molecule has 0 aliphatic carbocycles. The maximum atomic E-state index is 13.1. The van der Waals surface area contributed by atoms with E-state index in [0.717, 1.165) is 31.5 Å². The van der Waals surface area contributed by atoms with Crippen LogP contribution in [0.15, 0.2) is 60.7 Å². The first kappa shape index (κ1) is 24.0. The van der Waals surface area contributed by atoms with Crippen LogP contribution < -0.4 is 16.5 Å². The minimum absolute atomic E-state index is 0.197. The topological polar surface area (TPSA) is 87.5 Å². The molecule has 2 atom stereocenters. The van der Waals surface area contributed by atoms with Crippen LogP contribution in [0.4, 0.5) is 0 Å². The number of nitrogens with one attached hydrogen (secondary N) is 2. The van der Waals surface area contributed by atoms with Gasteiger partial charge < -0.3 is 11.1 Å². The van der Waals surface area contributed by atoms with Crippen molar-refractivity contribution in [2.45, 2.75) is 57.5 Å². The van der Waals surface area contributed by atoms with Gasteiger partial charge in [-0.05, 0) is 42.2 Å². The number of carbonyl (C=O) groups excluding carboxylic acids is 2. The maximum Gasteiger partial charge on any atom is 0.257 e. The van der Waals surface area contributed by atoms with Gasteiger partial charge in [0.1, 0.15) is 6.04 Å². The highest BCUT2D eigenvalue weighted by atomic mass is 16.2. The van der Waals surface area contributed by atoms with Crippen LogP contribution >= 0.6 is 0 Å². The number of benzene rings is 2. The fourth-order valence-corrected chi connectivity index (χ4v) is 4.24. The quantitative estimate of drug-likeness (QED) is 0.564. The standard InChI is InChI=1S/C26H36N4O2/c1-19(2)17-23(27)25(31)28-24(18-20-9-5-3-6-10-20)26(32)29-30-15-13-22(14-16-30)21-11-7-4-8-12-21/h3-12,19,22-24H,13-18,27H2,1-2H3,(H,28,31)(H,29,32)/t23-,24+/m1/s1. The van der Waals surface area contributed by atoms with Crippen LogP contribution in [0.1, 0.15) is 50.2 Å². The summed E-state index contributed by atoms with van der Waals surface area (Å²) in [5.41, 5.74) is 11.4. The molecule has 0 saturated carbocycles. The van der Waals surface area contributed by atoms with Gasteiger partial charge in [-0.2, -0.15) is 0 Å². The van der Waals surface area contributed by atoms with E-state index in [1.807, 2.05) is 55.3 Å². The summed E-state index contributed by atoms with van der Waals surface area (Å²) in [6, 6.07) is 19.0. The summed E-state index contributed by atoms with van der Waals surface area (Å²) in [6.07, 6.45) is 2.98. The molecule has 3 rings (SSSR count). The summed E-state index contributed by atoms with van der Waals surface area (Å²) in [5, 5.41) is 4.86. The number of carbonyl (C=O) groups is 2. The second-order valence-electron chi connectivity index (χ2n) is 9.13. The van der Waals surface area contributed by atoms with Gasteiger partial charge in [0.2, 0.25) is 5.91 Å². The van der Waals surface area contributed by atoms with Crippen LogP contribution in [0.2, 0.25) is 0 Å². The maximum absolute atomic E-state index is 13.1. The van der Waals surface area contributed by atoms with Gasteiger partial charge in [-0.3, -0.25) is 15.0 Å². The number of hydrogen-bond donors (Lipinski definition) is 3. The van der Waals surface area contributed by atoms with E-state index in [1.165, 1.54) is 5.56 Å². The molecule has 0 bridgehead atoms. The lowest BCUT2D eigenvalue weighted by atomic mass is 9.90. The Kier molecular flexibility index (Phi) is 8.82. The Morgan fingerprint density at radius 3 is 2.16 bits per heavy atom. The Labute approximate surface area is 191 Å². The molecule has 4 N–H and O–H groups in total. The van der Waals surface area contributed by atoms with Crippen molar-refractivity contribution in [3.05, 3.63) is 71.8 Å². The summed E-state index contributed by atoms with van der Waals surface area (Å²) < 4.78 is 0. The van der Waals surface area contributed by atoms with Crippen molar-refractivity contribution in [3.8, 4) is 0 Å². The van der Waals surface area contributed by atoms with E-state index in [-0.39, 0.29) is 11.8 Å². The first-order valence-electron chi connectivity index (χ1n) is 11.6. The van der Waals surface area contributed by atoms with Crippen molar-refractivity contribution in [1.82, 2.24) is 15.8 Å². The predicted octanol–water partition coefficient (Wildman–Crippen LogP) is 3.00. The molecule has 2 amide bonds. The van der Waals surface area contributed by atoms with Gasteiger partial charge in [0.15, 0.2) is 0 Å². The molecule has 6 nitrogen and oxygen atoms in total. The van der Waals surface area contributed by atoms with Crippen LogP contribution in [0.25, 0.3) is 0 Å². The number of hydrazine groups is 1. The third kappa shape index (κ3) is 7.18. The zero-order chi connectivity index (χ0) is 22.9. The summed E-state index contributed by atoms with van der Waals surface area (Å²) in [6.45, 7) is 5.62. The van der Waals surface area contributed by atoms with E-state index in [4.69, 9.17) is 5.73 Å². The van der Waals surface area contributed by atoms with Gasteiger partial charge in [0.05, 0.1) is 6.04 Å². The first-order chi connectivity index (χ1) is 15.4. The van der Waals surface area contributed by atoms with Crippen molar-refractivity contribution in [3.63, 3.8) is 0 Å². The molecule has 0 spiro atoms. The lowest BCUT2D eigenvalue weighted by molar-refractivity contribution is -0.133. The van der Waals surface area contributed by atoms with Gasteiger partial charge in [-0.1, -0.05) is 74.5 Å². The van der Waals surface area contributed by atoms with E-state index in [1.54, 1.807) is 0 Å². The average molecular weight is 437 g/mol. The Bertz CT molecular complexity index is 849. The van der Waals surface area contributed by atoms with Gasteiger partial charge in [-0.25, -0.2) is 5.01 Å². The molecular formula is C26H36N4O2. The molecule has 2 aromatic carbocycles. The monoisotopic (exact) mass is 436 g/mol. The molecule has 2 aromatic rings. The molecule has 172 valence electrons. The second kappa shape index (κ2) is 11.8. The van der Waals surface area contributed by atoms with E-state index in [2.05, 4.69) is 35.0 Å². The summed E-state index contributed by atoms with van der Waals surface area (Å²) in [5.74, 6) is 0.343. The van der Waals surface area contributed by atoms with Crippen LogP contribution in [-0.2, 0) is 16.0 Å². The Morgan fingerprint density at radius 1 is 0.969 bits per heavy atom. The lowest BCUT2D eigenvalue weighted by Crippen LogP contribution is -2.56. The Hall–Kier alpha value is -2.70. The lowest BCUT2D eigenvalue weighted by Gasteiger charge is -2.33. The summed E-state index contributed by atoms with van der Waals surface area (Å²) in [7, 11) is 0. The van der Waals surface area contributed by atoms with Crippen molar-refractivity contribution in [2.24, 2.45) is 11.7 Å². The molecular weight excluding hydrogens is 400 g/mol. The van der Waals surface area contributed by atoms with E-state index in [0.29, 0.717) is 24.7 Å². The Balaban J connectivity index is 1.59. The van der Waals surface area contributed by atoms with Crippen LogP contribution in [-0.4, -0.2) is 42.0 Å². The van der Waals surface area contributed by atoms with Gasteiger partial charge in [-0.15, -0.1) is 0 Å². The van der Waals surface area contributed by atoms with E-state index >= 15 is 0 Å². The van der Waals surface area contributed by atoms with Crippen LogP contribution in [0.5, 0.6) is 0 Å². The largest absolute Gasteiger partial charge is 0.343 e. The summed E-state index contributed by atoms with van der Waals surface area (Å²) >= 11 is 0. The molecule has 1 saturated heterocycles. The van der Waals surface area contributed by atoms with E-state index < -0.39 is 12.1 Å². The molecule has 0 unspecified atom stereocenters. The molecule has 32 heavy (non-hydrogen) atoms. The average Bonchev–Trinajstić information content (AvgIpc) is 2.80. The number of piperidine rings is 1. The third-order valence-corrected chi connectivity index (χ3v) is 6.01. The van der Waals surface area contributed by atoms with Crippen molar-refractivity contribution < 1.29 is 9.59 Å². The molecule has 0 radical (unpaired) electrons. The second-order valence-corrected chi connectivity index (χ2v) is 9.13. The van der Waals surface area contributed by atoms with Crippen LogP contribution in [0.3, 0.4) is 0 Å². The number of rotatable bonds is 9. The number of amides is 2. The highest BCUT2D eigenvalue weighted by Crippen LogP contribution is 2.27. The molecule has 6 heteroatoms. The molecule has 1 fully saturated rings. The predicted molar refractivity (Wildman–Crippen MR) is 128 cm³/mol. The minimum atomic E-state index is -0.671. The molecule has 1 aliphatic rings. The number of hydrogen-bond acceptors (Lipinski definition) is 4. The van der Waals surface area contributed by atoms with Gasteiger partial charge in [0, 0.05) is 19.5 Å². The van der Waals surface area contributed by atoms with Gasteiger partial charge in [0.25, 0.3) is 5.91 Å². The SMILES string of the molecule is CC(C)C[C@@H](N)C(=O)N[C@@H](Cc1ccccc1)C(=O)NN1CCC(c2ccccc2)CC1. The zero-order valence-electron chi connectivity index (χ0n) is 19.2. The van der Waals surface area contributed by atoms with Gasteiger partial charge >= 0.3 is 0 Å². The fourth-order valence-electron chi connectivity index (χ4n) is 4.24. The highest BCUT2D eigenvalue weighted by molar-refractivity contribution is 5.89. The summed E-state index contributed by atoms with van der Waals surface area (Å²) in [4.78, 5) is 25.8. The number of nitrogens with zero attached hydrogens (tertiary/aromatic N) is 1. The Morgan fingerprint density at radius 2 is 1.56 bits per heavy atom. The fraction of sp³-hybridized carbons (Fsp3) is 0.462. The minimum Gasteiger partial charge on any atom is -0.343 e. The first-order valence-corrected chi connectivity index (χ1v) is 11.6. The third-order valence-electron chi connectivity index (χ3n) is 6.01. The number of nitrogens with two attached hydrogens (primary N) is 1. The molecule has 1 aliphatic heterocycles. The van der Waals surface area contributed by atoms with Crippen molar-refractivity contribution in [2.75, 3.05) is 13.1 Å². The van der Waals surface area contributed by atoms with E-state index in [9.17, 15) is 9.59 Å². The molecule has 0 aromatic heterocycles. The van der Waals surface area contributed by atoms with Crippen LogP contribution in [0, 0.1) is 5.92 Å². The smallest absolute Gasteiger partial charge is 0.257 e. The highest BCUT2D eigenvalue weighted by Gasteiger charge is 2.27. The van der Waals surface area contributed by atoms with Crippen molar-refractivity contribution in [1.29, 1.82) is 0 Å². The molecule has 1 heterocycles.